The van der Waals surface area contributed by atoms with Gasteiger partial charge in [-0.25, -0.2) is 9.59 Å². The van der Waals surface area contributed by atoms with E-state index in [2.05, 4.69) is 16.0 Å². The summed E-state index contributed by atoms with van der Waals surface area (Å²) >= 11 is 5.56. The zero-order chi connectivity index (χ0) is 19.3. The molecule has 25 heavy (non-hydrogen) atoms. The van der Waals surface area contributed by atoms with Crippen LogP contribution in [-0.4, -0.2) is 30.8 Å². The Morgan fingerprint density at radius 3 is 2.28 bits per heavy atom. The van der Waals surface area contributed by atoms with Crippen molar-refractivity contribution in [3.05, 3.63) is 28.8 Å². The first-order valence-corrected chi connectivity index (χ1v) is 7.65. The molecule has 6 nitrogen and oxygen atoms in total. The van der Waals surface area contributed by atoms with Gasteiger partial charge in [0, 0.05) is 18.1 Å². The maximum absolute atomic E-state index is 12.9. The van der Waals surface area contributed by atoms with Crippen molar-refractivity contribution in [2.75, 3.05) is 18.4 Å². The Morgan fingerprint density at radius 2 is 1.72 bits per heavy atom. The van der Waals surface area contributed by atoms with Gasteiger partial charge < -0.3 is 20.7 Å². The molecule has 10 heteroatoms. The zero-order valence-electron chi connectivity index (χ0n) is 13.9. The summed E-state index contributed by atoms with van der Waals surface area (Å²) in [4.78, 5) is 23.1. The smallest absolute Gasteiger partial charge is 0.418 e. The molecule has 3 N–H and O–H groups in total. The first-order valence-electron chi connectivity index (χ1n) is 7.27. The topological polar surface area (TPSA) is 79.5 Å². The lowest BCUT2D eigenvalue weighted by molar-refractivity contribution is -0.136. The number of ether oxygens (including phenoxy) is 1. The second kappa shape index (κ2) is 8.28. The van der Waals surface area contributed by atoms with Gasteiger partial charge in [0.05, 0.1) is 11.3 Å². The van der Waals surface area contributed by atoms with Crippen LogP contribution in [0.4, 0.5) is 28.4 Å². The summed E-state index contributed by atoms with van der Waals surface area (Å²) in [6, 6.07) is 2.17. The van der Waals surface area contributed by atoms with E-state index in [9.17, 15) is 22.8 Å². The monoisotopic (exact) mass is 381 g/mol. The van der Waals surface area contributed by atoms with E-state index in [4.69, 9.17) is 16.3 Å². The number of nitrogens with one attached hydrogen (secondary N) is 3. The summed E-state index contributed by atoms with van der Waals surface area (Å²) < 4.78 is 43.7. The average molecular weight is 382 g/mol. The molecule has 0 spiro atoms. The van der Waals surface area contributed by atoms with Crippen LogP contribution in [0.3, 0.4) is 0 Å². The number of hydrogen-bond acceptors (Lipinski definition) is 3. The van der Waals surface area contributed by atoms with Crippen LogP contribution in [0.5, 0.6) is 0 Å². The first-order chi connectivity index (χ1) is 11.4. The summed E-state index contributed by atoms with van der Waals surface area (Å²) in [6.07, 6.45) is -5.32. The Bertz CT molecular complexity index is 631. The van der Waals surface area contributed by atoms with Crippen molar-refractivity contribution in [2.45, 2.75) is 32.5 Å². The molecule has 3 amide bonds. The van der Waals surface area contributed by atoms with Crippen LogP contribution in [0.25, 0.3) is 0 Å². The third kappa shape index (κ3) is 7.97. The molecule has 0 atom stereocenters. The molecule has 0 unspecified atom stereocenters. The van der Waals surface area contributed by atoms with Crippen molar-refractivity contribution in [3.8, 4) is 0 Å². The fourth-order valence-corrected chi connectivity index (χ4v) is 1.85. The molecule has 0 aromatic heterocycles. The number of benzene rings is 1. The largest absolute Gasteiger partial charge is 0.444 e. The summed E-state index contributed by atoms with van der Waals surface area (Å²) in [5.41, 5.74) is -2.13. The number of hydrogen-bond donors (Lipinski definition) is 3. The molecule has 0 radical (unpaired) electrons. The lowest BCUT2D eigenvalue weighted by Crippen LogP contribution is -2.39. The Labute approximate surface area is 148 Å². The van der Waals surface area contributed by atoms with E-state index in [0.717, 1.165) is 12.1 Å². The van der Waals surface area contributed by atoms with Crippen LogP contribution in [0.2, 0.25) is 5.02 Å². The fourth-order valence-electron chi connectivity index (χ4n) is 1.68. The SMILES string of the molecule is CC(C)(C)OC(=O)NCCNC(=O)Nc1ccc(Cl)cc1C(F)(F)F. The van der Waals surface area contributed by atoms with Crippen LogP contribution < -0.4 is 16.0 Å². The highest BCUT2D eigenvalue weighted by molar-refractivity contribution is 6.30. The van der Waals surface area contributed by atoms with Crippen molar-refractivity contribution in [3.63, 3.8) is 0 Å². The molecule has 0 aliphatic rings. The lowest BCUT2D eigenvalue weighted by atomic mass is 10.1. The number of amides is 3. The number of carbonyl (C=O) groups excluding carboxylic acids is 2. The van der Waals surface area contributed by atoms with Crippen LogP contribution in [-0.2, 0) is 10.9 Å². The van der Waals surface area contributed by atoms with Crippen molar-refractivity contribution < 1.29 is 27.5 Å². The van der Waals surface area contributed by atoms with E-state index in [1.165, 1.54) is 6.07 Å². The Hall–Kier alpha value is -2.16. The number of urea groups is 1. The molecule has 0 fully saturated rings. The highest BCUT2D eigenvalue weighted by atomic mass is 35.5. The van der Waals surface area contributed by atoms with E-state index >= 15 is 0 Å². The molecule has 0 heterocycles. The maximum atomic E-state index is 12.9. The van der Waals surface area contributed by atoms with Gasteiger partial charge in [-0.2, -0.15) is 13.2 Å². The van der Waals surface area contributed by atoms with Gasteiger partial charge in [0.25, 0.3) is 0 Å². The minimum absolute atomic E-state index is 0.0000170. The van der Waals surface area contributed by atoms with Gasteiger partial charge in [0.2, 0.25) is 0 Å². The predicted octanol–water partition coefficient (Wildman–Crippen LogP) is 4.01. The summed E-state index contributed by atoms with van der Waals surface area (Å²) in [7, 11) is 0. The van der Waals surface area contributed by atoms with Crippen LogP contribution >= 0.6 is 11.6 Å². The third-order valence-corrected chi connectivity index (χ3v) is 2.85. The normalized spacial score (nSPS) is 11.6. The summed E-state index contributed by atoms with van der Waals surface area (Å²) in [5, 5.41) is 6.72. The van der Waals surface area contributed by atoms with Gasteiger partial charge in [-0.15, -0.1) is 0 Å². The Kier molecular flexibility index (Phi) is 6.92. The number of alkyl carbamates (subject to hydrolysis) is 1. The van der Waals surface area contributed by atoms with E-state index in [-0.39, 0.29) is 18.1 Å². The number of halogens is 4. The van der Waals surface area contributed by atoms with Gasteiger partial charge in [-0.1, -0.05) is 11.6 Å². The predicted molar refractivity (Wildman–Crippen MR) is 87.7 cm³/mol. The minimum Gasteiger partial charge on any atom is -0.444 e. The molecule has 0 aliphatic heterocycles. The molecular weight excluding hydrogens is 363 g/mol. The van der Waals surface area contributed by atoms with Crippen molar-refractivity contribution >= 4 is 29.4 Å². The average Bonchev–Trinajstić information content (AvgIpc) is 2.42. The first kappa shape index (κ1) is 20.9. The van der Waals surface area contributed by atoms with Crippen molar-refractivity contribution in [1.82, 2.24) is 10.6 Å². The number of carbonyl (C=O) groups is 2. The van der Waals surface area contributed by atoms with Gasteiger partial charge in [-0.05, 0) is 39.0 Å². The highest BCUT2D eigenvalue weighted by Gasteiger charge is 2.34. The lowest BCUT2D eigenvalue weighted by Gasteiger charge is -2.19. The van der Waals surface area contributed by atoms with Gasteiger partial charge >= 0.3 is 18.3 Å². The maximum Gasteiger partial charge on any atom is 0.418 e. The Balaban J connectivity index is 2.49. The van der Waals surface area contributed by atoms with Crippen LogP contribution in [0.1, 0.15) is 26.3 Å². The molecule has 0 saturated carbocycles. The van der Waals surface area contributed by atoms with Gasteiger partial charge in [-0.3, -0.25) is 0 Å². The Morgan fingerprint density at radius 1 is 1.12 bits per heavy atom. The molecule has 1 aromatic rings. The third-order valence-electron chi connectivity index (χ3n) is 2.61. The van der Waals surface area contributed by atoms with Crippen LogP contribution in [0, 0.1) is 0 Å². The molecule has 1 rings (SSSR count). The second-order valence-electron chi connectivity index (χ2n) is 6.00. The standard InChI is InChI=1S/C15H19ClF3N3O3/c1-14(2,3)25-13(24)21-7-6-20-12(23)22-11-5-4-9(16)8-10(11)15(17,18)19/h4-5,8H,6-7H2,1-3H3,(H,21,24)(H2,20,22,23). The second-order valence-corrected chi connectivity index (χ2v) is 6.43. The van der Waals surface area contributed by atoms with E-state index in [1.54, 1.807) is 20.8 Å². The molecule has 0 bridgehead atoms. The highest BCUT2D eigenvalue weighted by Crippen LogP contribution is 2.36. The van der Waals surface area contributed by atoms with Crippen LogP contribution in [0.15, 0.2) is 18.2 Å². The quantitative estimate of drug-likeness (QED) is 0.689. The molecular formula is C15H19ClF3N3O3. The number of alkyl halides is 3. The minimum atomic E-state index is -4.66. The van der Waals surface area contributed by atoms with Gasteiger partial charge in [0.1, 0.15) is 5.60 Å². The number of anilines is 1. The van der Waals surface area contributed by atoms with E-state index in [1.807, 2.05) is 0 Å². The summed E-state index contributed by atoms with van der Waals surface area (Å²) in [5.74, 6) is 0. The zero-order valence-corrected chi connectivity index (χ0v) is 14.6. The van der Waals surface area contributed by atoms with Crippen molar-refractivity contribution in [2.24, 2.45) is 0 Å². The van der Waals surface area contributed by atoms with E-state index in [0.29, 0.717) is 0 Å². The van der Waals surface area contributed by atoms with E-state index < -0.39 is 35.2 Å². The van der Waals surface area contributed by atoms with Gasteiger partial charge in [0.15, 0.2) is 0 Å². The molecule has 140 valence electrons. The fraction of sp³-hybridized carbons (Fsp3) is 0.467. The summed E-state index contributed by atoms with van der Waals surface area (Å²) in [6.45, 7) is 5.14. The molecule has 1 aromatic carbocycles. The molecule has 0 saturated heterocycles. The molecule has 0 aliphatic carbocycles. The van der Waals surface area contributed by atoms with Crippen molar-refractivity contribution in [1.29, 1.82) is 0 Å². The number of rotatable bonds is 4.